The third-order valence-electron chi connectivity index (χ3n) is 4.53. The molecule has 0 saturated carbocycles. The lowest BCUT2D eigenvalue weighted by Gasteiger charge is -2.14. The van der Waals surface area contributed by atoms with Gasteiger partial charge in [0.1, 0.15) is 23.9 Å². The van der Waals surface area contributed by atoms with Crippen LogP contribution in [0.15, 0.2) is 59.5 Å². The molecule has 3 aromatic carbocycles. The number of rotatable bonds is 8. The van der Waals surface area contributed by atoms with Gasteiger partial charge in [0.2, 0.25) is 0 Å². The predicted octanol–water partition coefficient (Wildman–Crippen LogP) is 4.99. The molecule has 162 valence electrons. The van der Waals surface area contributed by atoms with Crippen LogP contribution in [0.2, 0.25) is 5.02 Å². The van der Waals surface area contributed by atoms with Crippen molar-refractivity contribution in [2.45, 2.75) is 18.4 Å². The Balaban J connectivity index is 1.88. The zero-order valence-electron chi connectivity index (χ0n) is 16.7. The number of nitrogens with one attached hydrogen (secondary N) is 1. The van der Waals surface area contributed by atoms with E-state index in [1.807, 2.05) is 0 Å². The lowest BCUT2D eigenvalue weighted by Crippen LogP contribution is -2.14. The number of aldehydes is 1. The van der Waals surface area contributed by atoms with Crippen LogP contribution in [0.5, 0.6) is 11.5 Å². The van der Waals surface area contributed by atoms with Crippen molar-refractivity contribution >= 4 is 33.6 Å². The SMILES string of the molecule is COc1cc(S(=O)(=O)Nc2cc(OCc3c(F)cccc3Cl)ccc2C=O)ccc1C. The summed E-state index contributed by atoms with van der Waals surface area (Å²) >= 11 is 6.00. The highest BCUT2D eigenvalue weighted by molar-refractivity contribution is 7.92. The Morgan fingerprint density at radius 3 is 2.58 bits per heavy atom. The number of carbonyl (C=O) groups is 1. The highest BCUT2D eigenvalue weighted by atomic mass is 35.5. The first kappa shape index (κ1) is 22.6. The number of benzene rings is 3. The molecule has 0 radical (unpaired) electrons. The van der Waals surface area contributed by atoms with Gasteiger partial charge in [-0.15, -0.1) is 0 Å². The second-order valence-corrected chi connectivity index (χ2v) is 8.68. The normalized spacial score (nSPS) is 11.1. The van der Waals surface area contributed by atoms with E-state index in [0.717, 1.165) is 5.56 Å². The van der Waals surface area contributed by atoms with Crippen molar-refractivity contribution < 1.29 is 27.1 Å². The summed E-state index contributed by atoms with van der Waals surface area (Å²) in [6.45, 7) is 1.61. The van der Waals surface area contributed by atoms with Crippen molar-refractivity contribution in [3.63, 3.8) is 0 Å². The maximum Gasteiger partial charge on any atom is 0.262 e. The fourth-order valence-electron chi connectivity index (χ4n) is 2.81. The summed E-state index contributed by atoms with van der Waals surface area (Å²) in [6.07, 6.45) is 0.519. The maximum absolute atomic E-state index is 13.9. The molecule has 9 heteroatoms. The number of carbonyl (C=O) groups excluding carboxylic acids is 1. The Morgan fingerprint density at radius 1 is 1.13 bits per heavy atom. The molecule has 0 unspecified atom stereocenters. The average molecular weight is 464 g/mol. The molecule has 0 heterocycles. The summed E-state index contributed by atoms with van der Waals surface area (Å²) in [5.41, 5.74) is 1.07. The van der Waals surface area contributed by atoms with Crippen molar-refractivity contribution in [1.82, 2.24) is 0 Å². The van der Waals surface area contributed by atoms with E-state index in [4.69, 9.17) is 21.1 Å². The summed E-state index contributed by atoms with van der Waals surface area (Å²) in [5.74, 6) is 0.118. The standard InChI is InChI=1S/C22H19ClFNO5S/c1-14-6-9-17(11-22(14)29-2)31(27,28)25-21-10-16(8-7-15(21)12-26)30-13-18-19(23)4-3-5-20(18)24/h3-12,25H,13H2,1-2H3. The van der Waals surface area contributed by atoms with Crippen molar-refractivity contribution in [2.24, 2.45) is 0 Å². The van der Waals surface area contributed by atoms with E-state index >= 15 is 0 Å². The van der Waals surface area contributed by atoms with Gasteiger partial charge in [0.15, 0.2) is 6.29 Å². The first-order valence-electron chi connectivity index (χ1n) is 9.07. The average Bonchev–Trinajstić information content (AvgIpc) is 2.73. The summed E-state index contributed by atoms with van der Waals surface area (Å²) in [4.78, 5) is 11.4. The van der Waals surface area contributed by atoms with Crippen LogP contribution < -0.4 is 14.2 Å². The van der Waals surface area contributed by atoms with Crippen molar-refractivity contribution in [2.75, 3.05) is 11.8 Å². The zero-order valence-corrected chi connectivity index (χ0v) is 18.3. The highest BCUT2D eigenvalue weighted by Gasteiger charge is 2.18. The van der Waals surface area contributed by atoms with Crippen LogP contribution in [0.4, 0.5) is 10.1 Å². The van der Waals surface area contributed by atoms with Gasteiger partial charge in [0.05, 0.1) is 22.7 Å². The van der Waals surface area contributed by atoms with E-state index in [-0.39, 0.29) is 39.1 Å². The van der Waals surface area contributed by atoms with Crippen LogP contribution in [0, 0.1) is 12.7 Å². The van der Waals surface area contributed by atoms with Crippen LogP contribution in [0.25, 0.3) is 0 Å². The van der Waals surface area contributed by atoms with E-state index < -0.39 is 15.8 Å². The van der Waals surface area contributed by atoms with E-state index in [1.54, 1.807) is 13.0 Å². The fraction of sp³-hybridized carbons (Fsp3) is 0.136. The molecule has 0 atom stereocenters. The number of hydrogen-bond donors (Lipinski definition) is 1. The van der Waals surface area contributed by atoms with Crippen LogP contribution in [0.3, 0.4) is 0 Å². The number of ether oxygens (including phenoxy) is 2. The lowest BCUT2D eigenvalue weighted by molar-refractivity contribution is 0.112. The summed E-state index contributed by atoms with van der Waals surface area (Å²) in [5, 5.41) is 0.207. The van der Waals surface area contributed by atoms with Gasteiger partial charge in [-0.2, -0.15) is 0 Å². The van der Waals surface area contributed by atoms with Gasteiger partial charge in [0, 0.05) is 23.3 Å². The third-order valence-corrected chi connectivity index (χ3v) is 6.25. The Hall–Kier alpha value is -3.10. The summed E-state index contributed by atoms with van der Waals surface area (Å²) in [7, 11) is -2.57. The predicted molar refractivity (Wildman–Crippen MR) is 116 cm³/mol. The van der Waals surface area contributed by atoms with Gasteiger partial charge < -0.3 is 9.47 Å². The Bertz CT molecular complexity index is 1210. The van der Waals surface area contributed by atoms with Gasteiger partial charge in [-0.25, -0.2) is 12.8 Å². The third kappa shape index (κ3) is 5.15. The molecule has 3 rings (SSSR count). The molecule has 0 bridgehead atoms. The quantitative estimate of drug-likeness (QED) is 0.476. The molecule has 0 aliphatic carbocycles. The molecule has 1 N–H and O–H groups in total. The molecule has 0 aliphatic heterocycles. The second-order valence-electron chi connectivity index (χ2n) is 6.59. The second kappa shape index (κ2) is 9.36. The Labute approximate surface area is 184 Å². The molecule has 0 saturated heterocycles. The number of methoxy groups -OCH3 is 1. The van der Waals surface area contributed by atoms with Gasteiger partial charge in [-0.05, 0) is 42.8 Å². The number of halogens is 2. The summed E-state index contributed by atoms with van der Waals surface area (Å²) < 4.78 is 52.8. The Morgan fingerprint density at radius 2 is 1.90 bits per heavy atom. The van der Waals surface area contributed by atoms with Crippen molar-refractivity contribution in [1.29, 1.82) is 0 Å². The monoisotopic (exact) mass is 463 g/mol. The van der Waals surface area contributed by atoms with Crippen LogP contribution in [-0.4, -0.2) is 21.8 Å². The summed E-state index contributed by atoms with van der Waals surface area (Å²) in [6, 6.07) is 12.9. The highest BCUT2D eigenvalue weighted by Crippen LogP contribution is 2.28. The van der Waals surface area contributed by atoms with Gasteiger partial charge in [-0.3, -0.25) is 9.52 Å². The smallest absolute Gasteiger partial charge is 0.262 e. The van der Waals surface area contributed by atoms with Crippen molar-refractivity contribution in [3.8, 4) is 11.5 Å². The number of sulfonamides is 1. The minimum absolute atomic E-state index is 0.0201. The Kier molecular flexibility index (Phi) is 6.82. The molecule has 0 fully saturated rings. The maximum atomic E-state index is 13.9. The molecule has 31 heavy (non-hydrogen) atoms. The van der Waals surface area contributed by atoms with Gasteiger partial charge >= 0.3 is 0 Å². The molecule has 0 amide bonds. The molecule has 0 aliphatic rings. The van der Waals surface area contributed by atoms with Gasteiger partial charge in [0.25, 0.3) is 10.0 Å². The first-order chi connectivity index (χ1) is 14.7. The largest absolute Gasteiger partial charge is 0.496 e. The molecule has 0 aromatic heterocycles. The van der Waals surface area contributed by atoms with Gasteiger partial charge in [-0.1, -0.05) is 23.7 Å². The fourth-order valence-corrected chi connectivity index (χ4v) is 4.12. The number of anilines is 1. The minimum Gasteiger partial charge on any atom is -0.496 e. The van der Waals surface area contributed by atoms with Crippen LogP contribution in [0.1, 0.15) is 21.5 Å². The number of aryl methyl sites for hydroxylation is 1. The van der Waals surface area contributed by atoms with Crippen LogP contribution >= 0.6 is 11.6 Å². The van der Waals surface area contributed by atoms with E-state index in [1.165, 1.54) is 55.6 Å². The van der Waals surface area contributed by atoms with E-state index in [2.05, 4.69) is 4.72 Å². The molecule has 3 aromatic rings. The molecule has 0 spiro atoms. The first-order valence-corrected chi connectivity index (χ1v) is 10.9. The molecular formula is C22H19ClFNO5S. The minimum atomic E-state index is -4.02. The van der Waals surface area contributed by atoms with E-state index in [0.29, 0.717) is 12.0 Å². The molecular weight excluding hydrogens is 445 g/mol. The zero-order chi connectivity index (χ0) is 22.6. The van der Waals surface area contributed by atoms with Crippen LogP contribution in [-0.2, 0) is 16.6 Å². The molecule has 6 nitrogen and oxygen atoms in total. The van der Waals surface area contributed by atoms with Crippen molar-refractivity contribution in [3.05, 3.63) is 82.1 Å². The number of hydrogen-bond acceptors (Lipinski definition) is 5. The lowest BCUT2D eigenvalue weighted by atomic mass is 10.2. The topological polar surface area (TPSA) is 81.7 Å². The van der Waals surface area contributed by atoms with E-state index in [9.17, 15) is 17.6 Å².